The fraction of sp³-hybridized carbons (Fsp3) is 0.133. The first-order valence-electron chi connectivity index (χ1n) is 6.95. The Morgan fingerprint density at radius 1 is 1.13 bits per heavy atom. The molecule has 0 aliphatic carbocycles. The van der Waals surface area contributed by atoms with Gasteiger partial charge in [0.25, 0.3) is 5.91 Å². The van der Waals surface area contributed by atoms with E-state index in [4.69, 9.17) is 0 Å². The highest BCUT2D eigenvalue weighted by molar-refractivity contribution is 5.95. The molecule has 0 bridgehead atoms. The lowest BCUT2D eigenvalue weighted by molar-refractivity contribution is 0.0962. The van der Waals surface area contributed by atoms with Gasteiger partial charge in [-0.25, -0.2) is 19.9 Å². The molecule has 0 aliphatic heterocycles. The number of imidazole rings is 1. The lowest BCUT2D eigenvalue weighted by atomic mass is 10.2. The summed E-state index contributed by atoms with van der Waals surface area (Å²) < 4.78 is 1.72. The monoisotopic (exact) mass is 309 g/mol. The number of anilines is 1. The van der Waals surface area contributed by atoms with Crippen LogP contribution in [0.15, 0.2) is 43.1 Å². The van der Waals surface area contributed by atoms with Gasteiger partial charge in [-0.15, -0.1) is 0 Å². The first kappa shape index (κ1) is 14.6. The van der Waals surface area contributed by atoms with Crippen molar-refractivity contribution in [1.29, 1.82) is 0 Å². The second kappa shape index (κ2) is 6.22. The van der Waals surface area contributed by atoms with Crippen LogP contribution in [0.2, 0.25) is 0 Å². The Bertz CT molecular complexity index is 809. The van der Waals surface area contributed by atoms with E-state index >= 15 is 0 Å². The van der Waals surface area contributed by atoms with Gasteiger partial charge in [-0.05, 0) is 32.0 Å². The van der Waals surface area contributed by atoms with Gasteiger partial charge in [0.05, 0.1) is 0 Å². The maximum Gasteiger partial charge on any atom is 0.269 e. The molecule has 2 N–H and O–H groups in total. The number of aromatic nitrogens is 5. The van der Waals surface area contributed by atoms with E-state index in [9.17, 15) is 4.79 Å². The van der Waals surface area contributed by atoms with Crippen molar-refractivity contribution in [1.82, 2.24) is 29.9 Å². The lowest BCUT2D eigenvalue weighted by Gasteiger charge is -2.09. The van der Waals surface area contributed by atoms with E-state index in [1.165, 1.54) is 0 Å². The Morgan fingerprint density at radius 3 is 2.61 bits per heavy atom. The molecule has 3 aromatic heterocycles. The number of nitrogens with one attached hydrogen (secondary N) is 2. The van der Waals surface area contributed by atoms with E-state index in [0.29, 0.717) is 17.3 Å². The summed E-state index contributed by atoms with van der Waals surface area (Å²) in [5.41, 5.74) is 7.39. The molecule has 1 amide bonds. The Labute approximate surface area is 132 Å². The highest BCUT2D eigenvalue weighted by Crippen LogP contribution is 2.07. The highest BCUT2D eigenvalue weighted by atomic mass is 16.2. The van der Waals surface area contributed by atoms with Crippen molar-refractivity contribution in [3.8, 4) is 5.82 Å². The van der Waals surface area contributed by atoms with Crippen LogP contribution >= 0.6 is 0 Å². The smallest absolute Gasteiger partial charge is 0.269 e. The molecule has 0 radical (unpaired) electrons. The number of aryl methyl sites for hydroxylation is 2. The van der Waals surface area contributed by atoms with Crippen molar-refractivity contribution < 1.29 is 4.79 Å². The number of rotatable bonds is 4. The number of carbonyl (C=O) groups is 1. The van der Waals surface area contributed by atoms with Gasteiger partial charge in [0.15, 0.2) is 0 Å². The van der Waals surface area contributed by atoms with Crippen LogP contribution in [0, 0.1) is 13.8 Å². The molecule has 8 nitrogen and oxygen atoms in total. The number of nitrogens with zero attached hydrogens (tertiary/aromatic N) is 5. The molecule has 116 valence electrons. The van der Waals surface area contributed by atoms with Crippen molar-refractivity contribution >= 4 is 11.9 Å². The van der Waals surface area contributed by atoms with Crippen LogP contribution in [-0.4, -0.2) is 30.4 Å². The van der Waals surface area contributed by atoms with E-state index in [-0.39, 0.29) is 5.91 Å². The van der Waals surface area contributed by atoms with Gasteiger partial charge in [-0.2, -0.15) is 0 Å². The van der Waals surface area contributed by atoms with Gasteiger partial charge in [-0.3, -0.25) is 20.2 Å². The molecular formula is C15H15N7O. The molecule has 3 heterocycles. The van der Waals surface area contributed by atoms with Gasteiger partial charge in [0.1, 0.15) is 12.1 Å². The number of hydrogen-bond acceptors (Lipinski definition) is 6. The van der Waals surface area contributed by atoms with Crippen molar-refractivity contribution in [3.05, 3.63) is 60.1 Å². The van der Waals surface area contributed by atoms with Crippen LogP contribution in [0.5, 0.6) is 0 Å². The van der Waals surface area contributed by atoms with Crippen LogP contribution < -0.4 is 10.9 Å². The third-order valence-electron chi connectivity index (χ3n) is 3.05. The third-order valence-corrected chi connectivity index (χ3v) is 3.05. The summed E-state index contributed by atoms with van der Waals surface area (Å²) in [5.74, 6) is 0.647. The van der Waals surface area contributed by atoms with Crippen LogP contribution in [0.4, 0.5) is 5.95 Å². The third kappa shape index (κ3) is 3.49. The van der Waals surface area contributed by atoms with Gasteiger partial charge in [-0.1, -0.05) is 0 Å². The van der Waals surface area contributed by atoms with E-state index < -0.39 is 0 Å². The molecule has 3 aromatic rings. The maximum absolute atomic E-state index is 12.2. The first-order valence-corrected chi connectivity index (χ1v) is 6.95. The summed E-state index contributed by atoms with van der Waals surface area (Å²) >= 11 is 0. The number of amides is 1. The molecule has 0 aliphatic rings. The predicted octanol–water partition coefficient (Wildman–Crippen LogP) is 1.43. The molecule has 0 unspecified atom stereocenters. The predicted molar refractivity (Wildman–Crippen MR) is 84.0 cm³/mol. The molecule has 3 rings (SSSR count). The van der Waals surface area contributed by atoms with Gasteiger partial charge >= 0.3 is 0 Å². The topological polar surface area (TPSA) is 97.6 Å². The fourth-order valence-corrected chi connectivity index (χ4v) is 2.06. The summed E-state index contributed by atoms with van der Waals surface area (Å²) in [4.78, 5) is 28.8. The Morgan fingerprint density at radius 2 is 1.91 bits per heavy atom. The molecule has 0 saturated heterocycles. The van der Waals surface area contributed by atoms with Gasteiger partial charge in [0, 0.05) is 35.5 Å². The number of hydrogen-bond donors (Lipinski definition) is 2. The minimum atomic E-state index is -0.309. The van der Waals surface area contributed by atoms with E-state index in [1.807, 2.05) is 19.9 Å². The first-order chi connectivity index (χ1) is 11.1. The zero-order chi connectivity index (χ0) is 16.2. The second-order valence-electron chi connectivity index (χ2n) is 4.93. The number of hydrazine groups is 1. The molecule has 23 heavy (non-hydrogen) atoms. The van der Waals surface area contributed by atoms with Crippen LogP contribution in [0.3, 0.4) is 0 Å². The largest absolute Gasteiger partial charge is 0.291 e. The van der Waals surface area contributed by atoms with E-state index in [0.717, 1.165) is 11.4 Å². The number of carbonyl (C=O) groups excluding carboxylic acids is 1. The van der Waals surface area contributed by atoms with Crippen molar-refractivity contribution in [2.24, 2.45) is 0 Å². The fourth-order valence-electron chi connectivity index (χ4n) is 2.06. The SMILES string of the molecule is Cc1cc(C)nc(NNC(=O)c2ccnc(-n3ccnc3)c2)n1. The zero-order valence-corrected chi connectivity index (χ0v) is 12.7. The molecule has 0 atom stereocenters. The number of pyridine rings is 1. The zero-order valence-electron chi connectivity index (χ0n) is 12.7. The van der Waals surface area contributed by atoms with Gasteiger partial charge < -0.3 is 0 Å². The maximum atomic E-state index is 12.2. The van der Waals surface area contributed by atoms with E-state index in [2.05, 4.69) is 30.8 Å². The minimum absolute atomic E-state index is 0.309. The summed E-state index contributed by atoms with van der Waals surface area (Å²) in [6.45, 7) is 3.73. The summed E-state index contributed by atoms with van der Waals surface area (Å²) in [5, 5.41) is 0. The molecule has 0 spiro atoms. The van der Waals surface area contributed by atoms with Crippen LogP contribution in [0.1, 0.15) is 21.7 Å². The van der Waals surface area contributed by atoms with Gasteiger partial charge in [0.2, 0.25) is 5.95 Å². The van der Waals surface area contributed by atoms with Crippen molar-refractivity contribution in [2.45, 2.75) is 13.8 Å². The summed E-state index contributed by atoms with van der Waals surface area (Å²) in [6.07, 6.45) is 6.59. The molecule has 8 heteroatoms. The van der Waals surface area contributed by atoms with Crippen molar-refractivity contribution in [3.63, 3.8) is 0 Å². The highest BCUT2D eigenvalue weighted by Gasteiger charge is 2.08. The summed E-state index contributed by atoms with van der Waals surface area (Å²) in [7, 11) is 0. The normalized spacial score (nSPS) is 10.3. The average Bonchev–Trinajstić information content (AvgIpc) is 3.06. The van der Waals surface area contributed by atoms with E-state index in [1.54, 1.807) is 41.6 Å². The average molecular weight is 309 g/mol. The Hall–Kier alpha value is -3.29. The molecular weight excluding hydrogens is 294 g/mol. The second-order valence-corrected chi connectivity index (χ2v) is 4.93. The lowest BCUT2D eigenvalue weighted by Crippen LogP contribution is -2.30. The minimum Gasteiger partial charge on any atom is -0.291 e. The Balaban J connectivity index is 1.72. The summed E-state index contributed by atoms with van der Waals surface area (Å²) in [6, 6.07) is 5.15. The molecule has 0 saturated carbocycles. The molecule has 0 fully saturated rings. The van der Waals surface area contributed by atoms with Crippen LogP contribution in [0.25, 0.3) is 5.82 Å². The quantitative estimate of drug-likeness (QED) is 0.708. The van der Waals surface area contributed by atoms with Crippen LogP contribution in [-0.2, 0) is 0 Å². The standard InChI is InChI=1S/C15H15N7O/c1-10-7-11(2)19-15(18-10)21-20-14(23)12-3-4-17-13(8-12)22-6-5-16-9-22/h3-9H,1-2H3,(H,20,23)(H,18,19,21). The molecule has 0 aromatic carbocycles. The Kier molecular flexibility index (Phi) is 3.96. The van der Waals surface area contributed by atoms with Crippen molar-refractivity contribution in [2.75, 3.05) is 5.43 Å².